The van der Waals surface area contributed by atoms with Crippen LogP contribution in [0.15, 0.2) is 84.9 Å². The molecule has 2 N–H and O–H groups in total. The monoisotopic (exact) mass is 1040 g/mol. The highest BCUT2D eigenvalue weighted by Gasteiger charge is 2.66. The van der Waals surface area contributed by atoms with Gasteiger partial charge in [-0.15, -0.1) is 0 Å². The number of benzene rings is 3. The zero-order valence-corrected chi connectivity index (χ0v) is 45.2. The van der Waals surface area contributed by atoms with E-state index in [0.29, 0.717) is 11.5 Å². The third-order valence-electron chi connectivity index (χ3n) is 13.9. The number of alkyl carbamates (subject to hydrolysis) is 1. The molecule has 4 aliphatic rings. The molecule has 0 aromatic heterocycles. The predicted octanol–water partition coefficient (Wildman–Crippen LogP) is 7.37. The maximum Gasteiger partial charge on any atom is 0.407 e. The van der Waals surface area contributed by atoms with E-state index in [2.05, 4.69) is 60.7 Å². The SMILES string of the molecule is COC(=O)C1(O[C@H]2[C@@H](O)[C@@H](COCc3ccccc3)O[C@@H](Oc3ccc(OC)cc3)[C@@H]2OCc2ccccc2)C[C@@H]2NC(=O)O[C@H]2[C@H]([C@H](OC(C)=O)[C@H]2CO[Si](C(C)C)(C(C)C)O[Si](C(C)C)(C(C)C)O2)O1. The van der Waals surface area contributed by atoms with E-state index in [0.717, 1.165) is 18.2 Å². The molecule has 4 heterocycles. The van der Waals surface area contributed by atoms with Crippen LogP contribution in [0.4, 0.5) is 4.79 Å². The Morgan fingerprint density at radius 1 is 0.806 bits per heavy atom. The fraction of sp³-hybridized carbons (Fsp3) is 0.596. The number of amides is 1. The van der Waals surface area contributed by atoms with Crippen molar-refractivity contribution in [2.24, 2.45) is 0 Å². The van der Waals surface area contributed by atoms with Gasteiger partial charge in [-0.3, -0.25) is 4.79 Å². The first-order valence-electron chi connectivity index (χ1n) is 24.9. The zero-order valence-electron chi connectivity index (χ0n) is 43.2. The van der Waals surface area contributed by atoms with Crippen LogP contribution in [-0.2, 0) is 73.7 Å². The molecule has 4 aliphatic heterocycles. The maximum absolute atomic E-state index is 14.8. The Morgan fingerprint density at radius 3 is 1.97 bits per heavy atom. The average Bonchev–Trinajstić information content (AvgIpc) is 3.62. The summed E-state index contributed by atoms with van der Waals surface area (Å²) in [5.74, 6) is -3.25. The van der Waals surface area contributed by atoms with Crippen molar-refractivity contribution in [1.29, 1.82) is 0 Å². The smallest absolute Gasteiger partial charge is 0.407 e. The second-order valence-corrected chi connectivity index (χ2v) is 28.9. The van der Waals surface area contributed by atoms with E-state index >= 15 is 0 Å². The molecule has 1 unspecified atom stereocenters. The van der Waals surface area contributed by atoms with Gasteiger partial charge in [0.2, 0.25) is 6.29 Å². The molecular weight excluding hydrogens is 967 g/mol. The Hall–Kier alpha value is -4.46. The molecule has 4 saturated heterocycles. The molecule has 0 spiro atoms. The molecule has 4 fully saturated rings. The minimum Gasteiger partial charge on any atom is -0.497 e. The highest BCUT2D eigenvalue weighted by Crippen LogP contribution is 2.49. The lowest BCUT2D eigenvalue weighted by molar-refractivity contribution is -0.367. The van der Waals surface area contributed by atoms with Gasteiger partial charge in [-0.25, -0.2) is 9.59 Å². The second kappa shape index (κ2) is 23.8. The molecule has 3 aromatic rings. The van der Waals surface area contributed by atoms with Crippen molar-refractivity contribution < 1.29 is 79.8 Å². The normalized spacial score (nSPS) is 29.4. The number of carbonyl (C=O) groups excluding carboxylic acids is 3. The fourth-order valence-corrected chi connectivity index (χ4v) is 21.4. The molecule has 0 radical (unpaired) electrons. The van der Waals surface area contributed by atoms with Crippen LogP contribution < -0.4 is 14.8 Å². The van der Waals surface area contributed by atoms with Gasteiger partial charge in [-0.05, 0) is 57.6 Å². The maximum atomic E-state index is 14.8. The fourth-order valence-electron chi connectivity index (χ4n) is 10.2. The first-order chi connectivity index (χ1) is 34.3. The summed E-state index contributed by atoms with van der Waals surface area (Å²) in [6.45, 7) is 17.8. The first-order valence-corrected chi connectivity index (χ1v) is 28.8. The molecule has 11 atom stereocenters. The summed E-state index contributed by atoms with van der Waals surface area (Å²) in [5.41, 5.74) is 1.45. The Balaban J connectivity index is 1.32. The number of hydrogen-bond donors (Lipinski definition) is 2. The first kappa shape index (κ1) is 55.3. The number of carbonyl (C=O) groups is 3. The molecule has 20 heteroatoms. The van der Waals surface area contributed by atoms with Crippen LogP contribution in [0.5, 0.6) is 11.5 Å². The number of hydrogen-bond acceptors (Lipinski definition) is 17. The van der Waals surface area contributed by atoms with Gasteiger partial charge >= 0.3 is 35.2 Å². The number of aliphatic hydroxyl groups excluding tert-OH is 1. The number of nitrogens with one attached hydrogen (secondary N) is 1. The van der Waals surface area contributed by atoms with Crippen LogP contribution >= 0.6 is 0 Å². The largest absolute Gasteiger partial charge is 0.497 e. The van der Waals surface area contributed by atoms with Gasteiger partial charge < -0.3 is 70.8 Å². The zero-order chi connectivity index (χ0) is 52.0. The predicted molar refractivity (Wildman–Crippen MR) is 265 cm³/mol. The summed E-state index contributed by atoms with van der Waals surface area (Å²) in [6, 6.07) is 24.6. The highest BCUT2D eigenvalue weighted by atomic mass is 28.5. The van der Waals surface area contributed by atoms with Gasteiger partial charge in [0.1, 0.15) is 48.1 Å². The van der Waals surface area contributed by atoms with E-state index in [1.54, 1.807) is 31.4 Å². The van der Waals surface area contributed by atoms with E-state index in [9.17, 15) is 19.5 Å². The van der Waals surface area contributed by atoms with Crippen molar-refractivity contribution in [1.82, 2.24) is 5.32 Å². The van der Waals surface area contributed by atoms with Crippen molar-refractivity contribution in [2.75, 3.05) is 27.4 Å². The summed E-state index contributed by atoms with van der Waals surface area (Å²) >= 11 is 0. The highest BCUT2D eigenvalue weighted by molar-refractivity contribution is 6.84. The van der Waals surface area contributed by atoms with E-state index in [4.69, 9.17) is 60.3 Å². The average molecular weight is 1040 g/mol. The van der Waals surface area contributed by atoms with Gasteiger partial charge in [0.25, 0.3) is 5.79 Å². The van der Waals surface area contributed by atoms with E-state index in [-0.39, 0.29) is 55.0 Å². The lowest BCUT2D eigenvalue weighted by atomic mass is 9.88. The molecule has 0 aliphatic carbocycles. The van der Waals surface area contributed by atoms with E-state index in [1.807, 2.05) is 60.7 Å². The topological polar surface area (TPSA) is 203 Å². The number of aliphatic hydroxyl groups is 1. The van der Waals surface area contributed by atoms with Gasteiger partial charge in [0.05, 0.1) is 46.7 Å². The van der Waals surface area contributed by atoms with Gasteiger partial charge in [-0.1, -0.05) is 116 Å². The molecule has 3 aromatic carbocycles. The standard InChI is InChI=1S/C52H73NO17Si2/c1-31(2)71(32(3)4)62-30-42(69-72(70-71,33(5)6)34(7)8)45(63-35(9)54)47-44-40(53-51(57)66-44)26-52(68-47,50(56)59-11)67-46-43(55)41(29-60-27-36-18-14-12-15-19-36)65-49(64-39-24-22-38(58-10)23-25-39)48(46)61-28-37-20-16-13-17-21-37/h12-25,31-34,40-49,55H,26-30H2,1-11H3,(H,53,57)/t40-,41+,42+,43-,44+,45+,46-,47+,48+,49+,52?/m0/s1. The third-order valence-corrected chi connectivity index (χ3v) is 24.1. The Morgan fingerprint density at radius 2 is 1.40 bits per heavy atom. The summed E-state index contributed by atoms with van der Waals surface area (Å²) in [7, 11) is -3.71. The third kappa shape index (κ3) is 12.0. The van der Waals surface area contributed by atoms with Crippen molar-refractivity contribution in [3.8, 4) is 11.5 Å². The number of esters is 2. The summed E-state index contributed by atoms with van der Waals surface area (Å²) in [6.07, 6.45) is -13.1. The van der Waals surface area contributed by atoms with Crippen LogP contribution in [0.25, 0.3) is 0 Å². The lowest BCUT2D eigenvalue weighted by Gasteiger charge is -2.50. The molecule has 0 saturated carbocycles. The molecule has 0 bridgehead atoms. The second-order valence-electron chi connectivity index (χ2n) is 20.0. The Bertz CT molecular complexity index is 2220. The van der Waals surface area contributed by atoms with Gasteiger partial charge in [-0.2, -0.15) is 0 Å². The lowest BCUT2D eigenvalue weighted by Crippen LogP contribution is -2.69. The van der Waals surface area contributed by atoms with E-state index < -0.39 is 102 Å². The molecule has 7 rings (SSSR count). The van der Waals surface area contributed by atoms with Crippen molar-refractivity contribution >= 4 is 35.2 Å². The summed E-state index contributed by atoms with van der Waals surface area (Å²) in [5, 5.41) is 15.4. The number of fused-ring (bicyclic) bond motifs is 1. The van der Waals surface area contributed by atoms with E-state index in [1.165, 1.54) is 6.92 Å². The Labute approximate surface area is 424 Å². The van der Waals surface area contributed by atoms with Crippen molar-refractivity contribution in [2.45, 2.75) is 171 Å². The van der Waals surface area contributed by atoms with Crippen LogP contribution in [-0.4, -0.2) is 135 Å². The number of ether oxygens (including phenoxy) is 10. The molecule has 18 nitrogen and oxygen atoms in total. The number of methoxy groups -OCH3 is 2. The van der Waals surface area contributed by atoms with Gasteiger partial charge in [0, 0.05) is 13.3 Å². The molecule has 72 heavy (non-hydrogen) atoms. The Kier molecular flexibility index (Phi) is 18.3. The minimum atomic E-state index is -3.33. The van der Waals surface area contributed by atoms with Crippen molar-refractivity contribution in [3.05, 3.63) is 96.1 Å². The van der Waals surface area contributed by atoms with Crippen LogP contribution in [0.2, 0.25) is 22.2 Å². The van der Waals surface area contributed by atoms with Crippen LogP contribution in [0.3, 0.4) is 0 Å². The summed E-state index contributed by atoms with van der Waals surface area (Å²) < 4.78 is 84.6. The summed E-state index contributed by atoms with van der Waals surface area (Å²) in [4.78, 5) is 41.6. The minimum absolute atomic E-state index is 0.000110. The van der Waals surface area contributed by atoms with Gasteiger partial charge in [0.15, 0.2) is 12.2 Å². The number of rotatable bonds is 20. The van der Waals surface area contributed by atoms with Crippen LogP contribution in [0.1, 0.15) is 79.9 Å². The molecule has 1 amide bonds. The molecular formula is C52H73NO17Si2. The molecule has 396 valence electrons. The van der Waals surface area contributed by atoms with Crippen molar-refractivity contribution in [3.63, 3.8) is 0 Å². The van der Waals surface area contributed by atoms with Crippen LogP contribution in [0, 0.1) is 0 Å². The quantitative estimate of drug-likeness (QED) is 0.0644.